The zero-order valence-corrected chi connectivity index (χ0v) is 17.2. The van der Waals surface area contributed by atoms with Gasteiger partial charge >= 0.3 is 0 Å². The summed E-state index contributed by atoms with van der Waals surface area (Å²) in [7, 11) is -6.90. The minimum Gasteiger partial charge on any atom is -0.322 e. The molecule has 2 N–H and O–H groups in total. The lowest BCUT2D eigenvalue weighted by atomic mass is 10.2. The fraction of sp³-hybridized carbons (Fsp3) is 0.316. The van der Waals surface area contributed by atoms with Crippen LogP contribution in [0.5, 0.6) is 0 Å². The van der Waals surface area contributed by atoms with Crippen molar-refractivity contribution < 1.29 is 21.6 Å². The highest BCUT2D eigenvalue weighted by atomic mass is 32.2. The maximum absolute atomic E-state index is 12.5. The summed E-state index contributed by atoms with van der Waals surface area (Å²) >= 11 is 0. The smallest absolute Gasteiger partial charge is 0.255 e. The molecule has 1 aliphatic heterocycles. The summed E-state index contributed by atoms with van der Waals surface area (Å²) in [4.78, 5) is 12.6. The lowest BCUT2D eigenvalue weighted by Crippen LogP contribution is -2.26. The van der Waals surface area contributed by atoms with Crippen LogP contribution in [-0.4, -0.2) is 41.1 Å². The molecule has 1 saturated carbocycles. The van der Waals surface area contributed by atoms with E-state index in [1.54, 1.807) is 24.3 Å². The molecular formula is C19H21N3O5S2. The van der Waals surface area contributed by atoms with E-state index in [4.69, 9.17) is 0 Å². The summed E-state index contributed by atoms with van der Waals surface area (Å²) in [6.45, 7) is 0.449. The van der Waals surface area contributed by atoms with E-state index in [1.165, 1.54) is 28.6 Å². The Morgan fingerprint density at radius 2 is 1.79 bits per heavy atom. The molecule has 4 rings (SSSR count). The van der Waals surface area contributed by atoms with Crippen LogP contribution in [0.15, 0.2) is 53.4 Å². The fourth-order valence-electron chi connectivity index (χ4n) is 3.14. The maximum Gasteiger partial charge on any atom is 0.255 e. The molecule has 154 valence electrons. The summed E-state index contributed by atoms with van der Waals surface area (Å²) in [5, 5.41) is 2.71. The highest BCUT2D eigenvalue weighted by Gasteiger charge is 2.29. The van der Waals surface area contributed by atoms with Crippen LogP contribution in [0, 0.1) is 0 Å². The zero-order valence-electron chi connectivity index (χ0n) is 15.5. The first-order valence-electron chi connectivity index (χ1n) is 9.29. The average molecular weight is 436 g/mol. The van der Waals surface area contributed by atoms with E-state index in [1.807, 2.05) is 0 Å². The number of amides is 1. The first-order chi connectivity index (χ1) is 13.7. The van der Waals surface area contributed by atoms with Crippen molar-refractivity contribution in [2.24, 2.45) is 0 Å². The summed E-state index contributed by atoms with van der Waals surface area (Å²) in [5.74, 6) is -0.310. The number of hydrogen-bond donors (Lipinski definition) is 2. The molecule has 0 spiro atoms. The fourth-order valence-corrected chi connectivity index (χ4v) is 6.05. The number of nitrogens with zero attached hydrogens (tertiary/aromatic N) is 1. The number of sulfonamides is 2. The van der Waals surface area contributed by atoms with Gasteiger partial charge in [-0.3, -0.25) is 9.10 Å². The maximum atomic E-state index is 12.5. The van der Waals surface area contributed by atoms with Crippen molar-refractivity contribution >= 4 is 37.3 Å². The number of benzene rings is 2. The molecule has 2 fully saturated rings. The standard InChI is InChI=1S/C19H21N3O5S2/c23-19(14-3-1-4-18(13-14)29(26,27)21-16-5-6-16)20-15-7-9-17(10-8-15)22-11-2-12-28(22,24)25/h1,3-4,7-10,13,16,21H,2,5-6,11-12H2,(H,20,23). The molecule has 2 aliphatic rings. The highest BCUT2D eigenvalue weighted by molar-refractivity contribution is 7.93. The molecule has 0 radical (unpaired) electrons. The van der Waals surface area contributed by atoms with Gasteiger partial charge in [-0.15, -0.1) is 0 Å². The normalized spacial score (nSPS) is 18.6. The molecule has 29 heavy (non-hydrogen) atoms. The molecule has 2 aromatic carbocycles. The van der Waals surface area contributed by atoms with Crippen molar-refractivity contribution in [3.63, 3.8) is 0 Å². The van der Waals surface area contributed by atoms with Gasteiger partial charge in [-0.25, -0.2) is 21.6 Å². The van der Waals surface area contributed by atoms with Gasteiger partial charge in [-0.2, -0.15) is 0 Å². The van der Waals surface area contributed by atoms with E-state index < -0.39 is 26.0 Å². The molecular weight excluding hydrogens is 414 g/mol. The van der Waals surface area contributed by atoms with Gasteiger partial charge in [0.25, 0.3) is 5.91 Å². The van der Waals surface area contributed by atoms with Crippen molar-refractivity contribution in [1.29, 1.82) is 0 Å². The molecule has 1 heterocycles. The molecule has 0 unspecified atom stereocenters. The van der Waals surface area contributed by atoms with Gasteiger partial charge in [-0.1, -0.05) is 6.07 Å². The first-order valence-corrected chi connectivity index (χ1v) is 12.4. The third kappa shape index (κ3) is 4.44. The Morgan fingerprint density at radius 1 is 1.07 bits per heavy atom. The van der Waals surface area contributed by atoms with Gasteiger partial charge in [0.05, 0.1) is 16.3 Å². The summed E-state index contributed by atoms with van der Waals surface area (Å²) in [6.07, 6.45) is 2.25. The average Bonchev–Trinajstić information content (AvgIpc) is 3.42. The molecule has 1 saturated heterocycles. The Labute approximate surface area is 170 Å². The molecule has 8 nitrogen and oxygen atoms in total. The van der Waals surface area contributed by atoms with Crippen molar-refractivity contribution in [3.8, 4) is 0 Å². The van der Waals surface area contributed by atoms with Crippen molar-refractivity contribution in [2.75, 3.05) is 21.9 Å². The Balaban J connectivity index is 1.47. The second kappa shape index (κ2) is 7.43. The van der Waals surface area contributed by atoms with Crippen LogP contribution >= 0.6 is 0 Å². The predicted octanol–water partition coefficient (Wildman–Crippen LogP) is 1.92. The molecule has 0 atom stereocenters. The van der Waals surface area contributed by atoms with E-state index in [2.05, 4.69) is 10.0 Å². The summed E-state index contributed by atoms with van der Waals surface area (Å²) in [6, 6.07) is 12.4. The third-order valence-electron chi connectivity index (χ3n) is 4.82. The minimum atomic E-state index is -3.64. The van der Waals surface area contributed by atoms with Gasteiger partial charge in [0.2, 0.25) is 20.0 Å². The Kier molecular flexibility index (Phi) is 5.09. The van der Waals surface area contributed by atoms with Gasteiger partial charge in [0, 0.05) is 23.8 Å². The van der Waals surface area contributed by atoms with Gasteiger partial charge in [0.1, 0.15) is 0 Å². The molecule has 2 aromatic rings. The molecule has 0 bridgehead atoms. The predicted molar refractivity (Wildman–Crippen MR) is 110 cm³/mol. The topological polar surface area (TPSA) is 113 Å². The first kappa shape index (κ1) is 19.9. The Morgan fingerprint density at radius 3 is 2.41 bits per heavy atom. The molecule has 0 aromatic heterocycles. The van der Waals surface area contributed by atoms with E-state index in [-0.39, 0.29) is 22.3 Å². The van der Waals surface area contributed by atoms with Crippen LogP contribution in [0.1, 0.15) is 29.6 Å². The lowest BCUT2D eigenvalue weighted by Gasteiger charge is -2.17. The van der Waals surface area contributed by atoms with E-state index >= 15 is 0 Å². The summed E-state index contributed by atoms with van der Waals surface area (Å²) in [5.41, 5.74) is 1.26. The molecule has 10 heteroatoms. The number of carbonyl (C=O) groups excluding carboxylic acids is 1. The largest absolute Gasteiger partial charge is 0.322 e. The molecule has 1 amide bonds. The second-order valence-electron chi connectivity index (χ2n) is 7.17. The zero-order chi connectivity index (χ0) is 20.6. The van der Waals surface area contributed by atoms with Crippen LogP contribution < -0.4 is 14.3 Å². The quantitative estimate of drug-likeness (QED) is 0.720. The van der Waals surface area contributed by atoms with Crippen molar-refractivity contribution in [3.05, 3.63) is 54.1 Å². The third-order valence-corrected chi connectivity index (χ3v) is 8.21. The van der Waals surface area contributed by atoms with Crippen LogP contribution in [0.2, 0.25) is 0 Å². The second-order valence-corrected chi connectivity index (χ2v) is 10.9. The van der Waals surface area contributed by atoms with Crippen LogP contribution in [0.25, 0.3) is 0 Å². The molecule has 1 aliphatic carbocycles. The van der Waals surface area contributed by atoms with E-state index in [0.717, 1.165) is 12.8 Å². The Hall–Kier alpha value is -2.43. The minimum absolute atomic E-state index is 0.0181. The van der Waals surface area contributed by atoms with Crippen LogP contribution in [-0.2, 0) is 20.0 Å². The number of carbonyl (C=O) groups is 1. The monoisotopic (exact) mass is 435 g/mol. The Bertz CT molecular complexity index is 1140. The van der Waals surface area contributed by atoms with Gasteiger partial charge in [0.15, 0.2) is 0 Å². The van der Waals surface area contributed by atoms with Crippen molar-refractivity contribution in [1.82, 2.24) is 4.72 Å². The lowest BCUT2D eigenvalue weighted by molar-refractivity contribution is 0.102. The van der Waals surface area contributed by atoms with Crippen LogP contribution in [0.4, 0.5) is 11.4 Å². The van der Waals surface area contributed by atoms with Crippen LogP contribution in [0.3, 0.4) is 0 Å². The van der Waals surface area contributed by atoms with Gasteiger partial charge < -0.3 is 5.32 Å². The van der Waals surface area contributed by atoms with Crippen molar-refractivity contribution in [2.45, 2.75) is 30.2 Å². The number of rotatable bonds is 6. The van der Waals surface area contributed by atoms with E-state index in [9.17, 15) is 21.6 Å². The number of anilines is 2. The SMILES string of the molecule is O=C(Nc1ccc(N2CCCS2(=O)=O)cc1)c1cccc(S(=O)(=O)NC2CC2)c1. The number of hydrogen-bond acceptors (Lipinski definition) is 5. The number of nitrogens with one attached hydrogen (secondary N) is 2. The van der Waals surface area contributed by atoms with Gasteiger partial charge in [-0.05, 0) is 61.7 Å². The van der Waals surface area contributed by atoms with E-state index in [0.29, 0.717) is 24.3 Å². The highest BCUT2D eigenvalue weighted by Crippen LogP contribution is 2.26. The summed E-state index contributed by atoms with van der Waals surface area (Å²) < 4.78 is 52.6.